The van der Waals surface area contributed by atoms with Gasteiger partial charge in [0, 0.05) is 24.6 Å². The quantitative estimate of drug-likeness (QED) is 0.825. The summed E-state index contributed by atoms with van der Waals surface area (Å²) in [5.41, 5.74) is -0.466. The molecule has 1 spiro atoms. The van der Waals surface area contributed by atoms with Crippen molar-refractivity contribution in [1.82, 2.24) is 15.1 Å². The van der Waals surface area contributed by atoms with Crippen molar-refractivity contribution >= 4 is 17.8 Å². The van der Waals surface area contributed by atoms with Gasteiger partial charge in [0.05, 0.1) is 6.61 Å². The largest absolute Gasteiger partial charge is 0.493 e. The number of nitrogens with one attached hydrogen (secondary N) is 1. The number of fused-ring (bicyclic) bond motifs is 2. The standard InChI is InChI=1S/C20H25N3O4/c1-2-14-7-5-6-11-22(14)17(24)13-23-18(25)20(21-19(23)26)10-12-27-16-9-4-3-8-15(16)20/h3-4,8-9,14H,2,5-7,10-13H2,1H3,(H,21,26). The Morgan fingerprint density at radius 2 is 2.11 bits per heavy atom. The van der Waals surface area contributed by atoms with Crippen LogP contribution in [0.4, 0.5) is 4.79 Å². The first kappa shape index (κ1) is 17.8. The molecular weight excluding hydrogens is 346 g/mol. The third kappa shape index (κ3) is 2.85. The summed E-state index contributed by atoms with van der Waals surface area (Å²) in [6.07, 6.45) is 4.32. The van der Waals surface area contributed by atoms with Gasteiger partial charge in [-0.15, -0.1) is 0 Å². The van der Waals surface area contributed by atoms with Gasteiger partial charge in [0.15, 0.2) is 5.54 Å². The van der Waals surface area contributed by atoms with E-state index < -0.39 is 11.6 Å². The third-order valence-electron chi connectivity index (χ3n) is 5.97. The number of amides is 4. The smallest absolute Gasteiger partial charge is 0.325 e. The molecule has 1 aromatic rings. The first-order valence-electron chi connectivity index (χ1n) is 9.72. The number of carbonyl (C=O) groups excluding carboxylic acids is 3. The van der Waals surface area contributed by atoms with Crippen LogP contribution in [0.1, 0.15) is 44.6 Å². The maximum Gasteiger partial charge on any atom is 0.325 e. The Labute approximate surface area is 158 Å². The van der Waals surface area contributed by atoms with E-state index in [0.29, 0.717) is 30.9 Å². The van der Waals surface area contributed by atoms with Crippen LogP contribution in [0, 0.1) is 0 Å². The summed E-state index contributed by atoms with van der Waals surface area (Å²) in [4.78, 5) is 41.6. The van der Waals surface area contributed by atoms with Crippen molar-refractivity contribution in [3.8, 4) is 5.75 Å². The van der Waals surface area contributed by atoms with Crippen LogP contribution in [0.3, 0.4) is 0 Å². The lowest BCUT2D eigenvalue weighted by Gasteiger charge is -2.36. The van der Waals surface area contributed by atoms with Gasteiger partial charge in [-0.25, -0.2) is 4.79 Å². The average molecular weight is 371 g/mol. The van der Waals surface area contributed by atoms with E-state index in [0.717, 1.165) is 30.6 Å². The molecule has 0 aliphatic carbocycles. The Morgan fingerprint density at radius 1 is 1.30 bits per heavy atom. The van der Waals surface area contributed by atoms with Crippen LogP contribution in [0.25, 0.3) is 0 Å². The summed E-state index contributed by atoms with van der Waals surface area (Å²) in [7, 11) is 0. The fourth-order valence-electron chi connectivity index (χ4n) is 4.49. The zero-order valence-corrected chi connectivity index (χ0v) is 15.6. The number of piperidine rings is 1. The van der Waals surface area contributed by atoms with Crippen LogP contribution in [0.2, 0.25) is 0 Å². The molecule has 144 valence electrons. The van der Waals surface area contributed by atoms with Crippen molar-refractivity contribution in [3.05, 3.63) is 29.8 Å². The molecule has 0 saturated carbocycles. The monoisotopic (exact) mass is 371 g/mol. The molecule has 1 aromatic carbocycles. The summed E-state index contributed by atoms with van der Waals surface area (Å²) in [5, 5.41) is 2.85. The zero-order valence-electron chi connectivity index (χ0n) is 15.6. The average Bonchev–Trinajstić information content (AvgIpc) is 2.93. The number of hydrogen-bond donors (Lipinski definition) is 1. The molecule has 2 atom stereocenters. The molecule has 0 bridgehead atoms. The number of imide groups is 1. The van der Waals surface area contributed by atoms with E-state index in [-0.39, 0.29) is 24.4 Å². The Kier molecular flexibility index (Phi) is 4.53. The summed E-state index contributed by atoms with van der Waals surface area (Å²) in [5.74, 6) is 0.0942. The zero-order chi connectivity index (χ0) is 19.0. The maximum absolute atomic E-state index is 13.2. The van der Waals surface area contributed by atoms with Crippen LogP contribution in [-0.2, 0) is 15.1 Å². The molecule has 2 unspecified atom stereocenters. The molecule has 3 aliphatic rings. The second-order valence-electron chi connectivity index (χ2n) is 7.47. The highest BCUT2D eigenvalue weighted by atomic mass is 16.5. The van der Waals surface area contributed by atoms with Crippen molar-refractivity contribution in [3.63, 3.8) is 0 Å². The van der Waals surface area contributed by atoms with Gasteiger partial charge in [-0.2, -0.15) is 0 Å². The number of hydrogen-bond acceptors (Lipinski definition) is 4. The van der Waals surface area contributed by atoms with Crippen LogP contribution < -0.4 is 10.1 Å². The first-order valence-corrected chi connectivity index (χ1v) is 9.72. The van der Waals surface area contributed by atoms with Crippen molar-refractivity contribution in [2.24, 2.45) is 0 Å². The molecule has 1 N–H and O–H groups in total. The molecular formula is C20H25N3O4. The molecule has 2 saturated heterocycles. The summed E-state index contributed by atoms with van der Waals surface area (Å²) in [6.45, 7) is 2.90. The van der Waals surface area contributed by atoms with Crippen LogP contribution in [-0.4, -0.2) is 53.4 Å². The Bertz CT molecular complexity index is 780. The Hall–Kier alpha value is -2.57. The maximum atomic E-state index is 13.2. The molecule has 4 rings (SSSR count). The number of rotatable bonds is 3. The SMILES string of the molecule is CCC1CCCCN1C(=O)CN1C(=O)NC2(CCOc3ccccc32)C1=O. The van der Waals surface area contributed by atoms with E-state index in [4.69, 9.17) is 4.74 Å². The third-order valence-corrected chi connectivity index (χ3v) is 5.97. The highest BCUT2D eigenvalue weighted by Crippen LogP contribution is 2.41. The summed E-state index contributed by atoms with van der Waals surface area (Å²) >= 11 is 0. The molecule has 0 radical (unpaired) electrons. The lowest BCUT2D eigenvalue weighted by molar-refractivity contribution is -0.141. The first-order chi connectivity index (χ1) is 13.1. The Balaban J connectivity index is 1.57. The molecule has 0 aromatic heterocycles. The highest BCUT2D eigenvalue weighted by Gasteiger charge is 2.55. The number of ether oxygens (including phenoxy) is 1. The highest BCUT2D eigenvalue weighted by molar-refractivity contribution is 6.09. The predicted octanol–water partition coefficient (Wildman–Crippen LogP) is 2.01. The van der Waals surface area contributed by atoms with Gasteiger partial charge in [0.1, 0.15) is 12.3 Å². The van der Waals surface area contributed by atoms with Gasteiger partial charge in [-0.1, -0.05) is 25.1 Å². The van der Waals surface area contributed by atoms with Crippen LogP contribution in [0.15, 0.2) is 24.3 Å². The minimum Gasteiger partial charge on any atom is -0.493 e. The fourth-order valence-corrected chi connectivity index (χ4v) is 4.49. The normalized spacial score (nSPS) is 27.4. The van der Waals surface area contributed by atoms with Crippen molar-refractivity contribution in [2.45, 2.75) is 50.6 Å². The lowest BCUT2D eigenvalue weighted by Crippen LogP contribution is -2.50. The minimum atomic E-state index is -1.13. The van der Waals surface area contributed by atoms with Gasteiger partial charge in [-0.05, 0) is 31.7 Å². The Morgan fingerprint density at radius 3 is 2.93 bits per heavy atom. The molecule has 3 aliphatic heterocycles. The fraction of sp³-hybridized carbons (Fsp3) is 0.550. The topological polar surface area (TPSA) is 79.0 Å². The van der Waals surface area contributed by atoms with Crippen molar-refractivity contribution in [1.29, 1.82) is 0 Å². The van der Waals surface area contributed by atoms with Crippen LogP contribution in [0.5, 0.6) is 5.75 Å². The number of urea groups is 1. The van der Waals surface area contributed by atoms with E-state index in [1.165, 1.54) is 0 Å². The van der Waals surface area contributed by atoms with Gasteiger partial charge in [0.2, 0.25) is 5.91 Å². The van der Waals surface area contributed by atoms with Crippen molar-refractivity contribution in [2.75, 3.05) is 19.7 Å². The number of para-hydroxylation sites is 1. The minimum absolute atomic E-state index is 0.151. The van der Waals surface area contributed by atoms with Crippen LogP contribution >= 0.6 is 0 Å². The molecule has 4 amide bonds. The number of benzene rings is 1. The van der Waals surface area contributed by atoms with Gasteiger partial charge in [0.25, 0.3) is 5.91 Å². The van der Waals surface area contributed by atoms with Gasteiger partial charge >= 0.3 is 6.03 Å². The van der Waals surface area contributed by atoms with E-state index in [1.54, 1.807) is 12.1 Å². The second kappa shape index (κ2) is 6.87. The summed E-state index contributed by atoms with van der Waals surface area (Å²) in [6, 6.07) is 6.95. The van der Waals surface area contributed by atoms with Gasteiger partial charge in [-0.3, -0.25) is 14.5 Å². The molecule has 2 fully saturated rings. The molecule has 7 nitrogen and oxygen atoms in total. The number of carbonyl (C=O) groups is 3. The van der Waals surface area contributed by atoms with E-state index in [1.807, 2.05) is 17.0 Å². The lowest BCUT2D eigenvalue weighted by atomic mass is 9.84. The van der Waals surface area contributed by atoms with E-state index in [2.05, 4.69) is 12.2 Å². The second-order valence-corrected chi connectivity index (χ2v) is 7.47. The summed E-state index contributed by atoms with van der Waals surface area (Å²) < 4.78 is 5.64. The number of nitrogens with zero attached hydrogens (tertiary/aromatic N) is 2. The van der Waals surface area contributed by atoms with Crippen molar-refractivity contribution < 1.29 is 19.1 Å². The van der Waals surface area contributed by atoms with Gasteiger partial charge < -0.3 is 15.0 Å². The predicted molar refractivity (Wildman–Crippen MR) is 98.1 cm³/mol. The molecule has 27 heavy (non-hydrogen) atoms. The van der Waals surface area contributed by atoms with E-state index in [9.17, 15) is 14.4 Å². The molecule has 3 heterocycles. The number of likely N-dealkylation sites (tertiary alicyclic amines) is 1. The van der Waals surface area contributed by atoms with E-state index >= 15 is 0 Å². The molecule has 7 heteroatoms.